The normalized spacial score (nSPS) is 14.0. The maximum absolute atomic E-state index is 8.90. The Bertz CT molecular complexity index is 634. The molecule has 1 aliphatic heterocycles. The van der Waals surface area contributed by atoms with E-state index in [0.717, 1.165) is 42.3 Å². The monoisotopic (exact) mass is 238 g/mol. The molecule has 0 unspecified atom stereocenters. The lowest BCUT2D eigenvalue weighted by molar-refractivity contribution is 0.508. The van der Waals surface area contributed by atoms with Gasteiger partial charge in [0.1, 0.15) is 5.82 Å². The number of imidazole rings is 1. The van der Waals surface area contributed by atoms with Gasteiger partial charge in [0.2, 0.25) is 0 Å². The van der Waals surface area contributed by atoms with Crippen LogP contribution in [0.1, 0.15) is 17.0 Å². The molecule has 0 amide bonds. The summed E-state index contributed by atoms with van der Waals surface area (Å²) in [5, 5.41) is 12.2. The van der Waals surface area contributed by atoms with Crippen LogP contribution in [0.4, 0.5) is 0 Å². The average Bonchev–Trinajstić information content (AvgIpc) is 2.82. The van der Waals surface area contributed by atoms with E-state index < -0.39 is 0 Å². The zero-order chi connectivity index (χ0) is 12.5. The van der Waals surface area contributed by atoms with Crippen LogP contribution in [0.25, 0.3) is 11.3 Å². The van der Waals surface area contributed by atoms with Gasteiger partial charge in [-0.2, -0.15) is 5.26 Å². The van der Waals surface area contributed by atoms with Crippen LogP contribution >= 0.6 is 0 Å². The van der Waals surface area contributed by atoms with Crippen molar-refractivity contribution in [2.45, 2.75) is 20.0 Å². The third-order valence-electron chi connectivity index (χ3n) is 3.36. The molecule has 3 rings (SSSR count). The average molecular weight is 238 g/mol. The van der Waals surface area contributed by atoms with Crippen molar-refractivity contribution in [1.82, 2.24) is 14.9 Å². The summed E-state index contributed by atoms with van der Waals surface area (Å²) in [7, 11) is 0. The summed E-state index contributed by atoms with van der Waals surface area (Å²) in [6, 6.07) is 7.98. The number of nitrogens with zero attached hydrogens (tertiary/aromatic N) is 3. The standard InChI is InChI=1S/C14H14N4/c1-10-6-11(7-15)2-3-12(10)13-8-17-14-9-16-4-5-18(13)14/h2-3,6,8,16H,4-5,9H2,1H3. The van der Waals surface area contributed by atoms with Gasteiger partial charge in [-0.1, -0.05) is 6.07 Å². The summed E-state index contributed by atoms with van der Waals surface area (Å²) in [4.78, 5) is 4.45. The molecule has 0 spiro atoms. The highest BCUT2D eigenvalue weighted by Gasteiger charge is 2.15. The quantitative estimate of drug-likeness (QED) is 0.824. The molecular formula is C14H14N4. The minimum atomic E-state index is 0.705. The molecule has 0 radical (unpaired) electrons. The number of hydrogen-bond acceptors (Lipinski definition) is 3. The van der Waals surface area contributed by atoms with Crippen molar-refractivity contribution in [3.8, 4) is 17.3 Å². The zero-order valence-electron chi connectivity index (χ0n) is 10.3. The summed E-state index contributed by atoms with van der Waals surface area (Å²) in [6.45, 7) is 4.79. The highest BCUT2D eigenvalue weighted by Crippen LogP contribution is 2.26. The Labute approximate surface area is 106 Å². The van der Waals surface area contributed by atoms with Gasteiger partial charge >= 0.3 is 0 Å². The van der Waals surface area contributed by atoms with E-state index in [1.54, 1.807) is 0 Å². The van der Waals surface area contributed by atoms with E-state index in [9.17, 15) is 0 Å². The molecule has 0 saturated heterocycles. The molecule has 1 aromatic carbocycles. The van der Waals surface area contributed by atoms with Gasteiger partial charge < -0.3 is 9.88 Å². The predicted molar refractivity (Wildman–Crippen MR) is 68.8 cm³/mol. The summed E-state index contributed by atoms with van der Waals surface area (Å²) >= 11 is 0. The van der Waals surface area contributed by atoms with Crippen LogP contribution < -0.4 is 5.32 Å². The van der Waals surface area contributed by atoms with E-state index in [0.29, 0.717) is 5.56 Å². The van der Waals surface area contributed by atoms with Crippen LogP contribution in [-0.2, 0) is 13.1 Å². The molecule has 1 aliphatic rings. The molecule has 0 fully saturated rings. The minimum Gasteiger partial charge on any atom is -0.326 e. The van der Waals surface area contributed by atoms with Gasteiger partial charge in [-0.05, 0) is 24.6 Å². The van der Waals surface area contributed by atoms with Crippen molar-refractivity contribution >= 4 is 0 Å². The summed E-state index contributed by atoms with van der Waals surface area (Å²) in [5.74, 6) is 1.08. The molecule has 0 saturated carbocycles. The Morgan fingerprint density at radius 1 is 1.44 bits per heavy atom. The van der Waals surface area contributed by atoms with Crippen LogP contribution in [-0.4, -0.2) is 16.1 Å². The van der Waals surface area contributed by atoms with E-state index in [2.05, 4.69) is 20.9 Å². The molecular weight excluding hydrogens is 224 g/mol. The van der Waals surface area contributed by atoms with Gasteiger partial charge in [0.05, 0.1) is 30.1 Å². The smallest absolute Gasteiger partial charge is 0.123 e. The lowest BCUT2D eigenvalue weighted by atomic mass is 10.0. The van der Waals surface area contributed by atoms with E-state index in [-0.39, 0.29) is 0 Å². The second-order valence-electron chi connectivity index (χ2n) is 4.53. The van der Waals surface area contributed by atoms with Crippen molar-refractivity contribution in [2.24, 2.45) is 0 Å². The molecule has 4 heteroatoms. The number of fused-ring (bicyclic) bond motifs is 1. The number of nitriles is 1. The fourth-order valence-corrected chi connectivity index (χ4v) is 2.43. The first-order valence-electron chi connectivity index (χ1n) is 6.06. The van der Waals surface area contributed by atoms with Crippen molar-refractivity contribution in [3.05, 3.63) is 41.3 Å². The van der Waals surface area contributed by atoms with Crippen LogP contribution in [0.2, 0.25) is 0 Å². The largest absolute Gasteiger partial charge is 0.326 e. The van der Waals surface area contributed by atoms with E-state index in [1.807, 2.05) is 31.3 Å². The lowest BCUT2D eigenvalue weighted by Crippen LogP contribution is -2.28. The number of aryl methyl sites for hydroxylation is 1. The highest BCUT2D eigenvalue weighted by molar-refractivity contribution is 5.65. The molecule has 2 aromatic rings. The number of nitrogens with one attached hydrogen (secondary N) is 1. The first-order valence-corrected chi connectivity index (χ1v) is 6.06. The summed E-state index contributed by atoms with van der Waals surface area (Å²) in [5.41, 5.74) is 4.13. The third-order valence-corrected chi connectivity index (χ3v) is 3.36. The van der Waals surface area contributed by atoms with Gasteiger partial charge in [-0.25, -0.2) is 4.98 Å². The first-order chi connectivity index (χ1) is 8.79. The molecule has 90 valence electrons. The maximum Gasteiger partial charge on any atom is 0.123 e. The SMILES string of the molecule is Cc1cc(C#N)ccc1-c1cnc2n1CCNC2. The molecule has 1 aromatic heterocycles. The van der Waals surface area contributed by atoms with Gasteiger partial charge in [-0.15, -0.1) is 0 Å². The first kappa shape index (κ1) is 11.0. The molecule has 2 heterocycles. The second kappa shape index (κ2) is 4.28. The number of aromatic nitrogens is 2. The van der Waals surface area contributed by atoms with Crippen LogP contribution in [0.5, 0.6) is 0 Å². The van der Waals surface area contributed by atoms with Gasteiger partial charge in [0.15, 0.2) is 0 Å². The predicted octanol–water partition coefficient (Wildman–Crippen LogP) is 1.83. The van der Waals surface area contributed by atoms with Crippen molar-refractivity contribution in [2.75, 3.05) is 6.54 Å². The topological polar surface area (TPSA) is 53.6 Å². The van der Waals surface area contributed by atoms with Crippen molar-refractivity contribution in [1.29, 1.82) is 5.26 Å². The van der Waals surface area contributed by atoms with E-state index >= 15 is 0 Å². The molecule has 1 N–H and O–H groups in total. The van der Waals surface area contributed by atoms with Gasteiger partial charge in [-0.3, -0.25) is 0 Å². The fraction of sp³-hybridized carbons (Fsp3) is 0.286. The van der Waals surface area contributed by atoms with Crippen molar-refractivity contribution < 1.29 is 0 Å². The molecule has 4 nitrogen and oxygen atoms in total. The minimum absolute atomic E-state index is 0.705. The Hall–Kier alpha value is -2.12. The van der Waals surface area contributed by atoms with Gasteiger partial charge in [0.25, 0.3) is 0 Å². The lowest BCUT2D eigenvalue weighted by Gasteiger charge is -2.18. The summed E-state index contributed by atoms with van der Waals surface area (Å²) in [6.07, 6.45) is 1.93. The number of rotatable bonds is 1. The Balaban J connectivity index is 2.10. The van der Waals surface area contributed by atoms with Crippen LogP contribution in [0, 0.1) is 18.3 Å². The number of benzene rings is 1. The Kier molecular flexibility index (Phi) is 2.62. The maximum atomic E-state index is 8.90. The Morgan fingerprint density at radius 2 is 2.33 bits per heavy atom. The molecule has 0 aliphatic carbocycles. The Morgan fingerprint density at radius 3 is 3.11 bits per heavy atom. The molecule has 18 heavy (non-hydrogen) atoms. The van der Waals surface area contributed by atoms with Crippen molar-refractivity contribution in [3.63, 3.8) is 0 Å². The fourth-order valence-electron chi connectivity index (χ4n) is 2.43. The second-order valence-corrected chi connectivity index (χ2v) is 4.53. The third kappa shape index (κ3) is 1.69. The summed E-state index contributed by atoms with van der Waals surface area (Å²) < 4.78 is 2.25. The van der Waals surface area contributed by atoms with Crippen LogP contribution in [0.15, 0.2) is 24.4 Å². The zero-order valence-corrected chi connectivity index (χ0v) is 10.3. The number of hydrogen-bond donors (Lipinski definition) is 1. The van der Waals surface area contributed by atoms with Crippen LogP contribution in [0.3, 0.4) is 0 Å². The van der Waals surface area contributed by atoms with E-state index in [1.165, 1.54) is 0 Å². The molecule has 0 bridgehead atoms. The van der Waals surface area contributed by atoms with E-state index in [4.69, 9.17) is 5.26 Å². The highest BCUT2D eigenvalue weighted by atomic mass is 15.2. The van der Waals surface area contributed by atoms with Gasteiger partial charge in [0, 0.05) is 18.7 Å². The molecule has 0 atom stereocenters.